The summed E-state index contributed by atoms with van der Waals surface area (Å²) in [5.74, 6) is -1.22. The highest BCUT2D eigenvalue weighted by atomic mass is 19.1. The van der Waals surface area contributed by atoms with Gasteiger partial charge in [0, 0.05) is 19.3 Å². The molecule has 0 aromatic heterocycles. The van der Waals surface area contributed by atoms with Gasteiger partial charge in [0.15, 0.2) is 0 Å². The minimum Gasteiger partial charge on any atom is -0.376 e. The van der Waals surface area contributed by atoms with Gasteiger partial charge in [-0.25, -0.2) is 9.18 Å². The first kappa shape index (κ1) is 16.2. The Balaban J connectivity index is 1.89. The first-order valence-electron chi connectivity index (χ1n) is 6.86. The number of urea groups is 1. The van der Waals surface area contributed by atoms with Gasteiger partial charge in [-0.3, -0.25) is 4.79 Å². The molecule has 22 heavy (non-hydrogen) atoms. The quantitative estimate of drug-likeness (QED) is 0.764. The van der Waals surface area contributed by atoms with Gasteiger partial charge in [0.2, 0.25) is 0 Å². The molecule has 1 aromatic rings. The summed E-state index contributed by atoms with van der Waals surface area (Å²) in [5, 5.41) is 7.50. The molecule has 7 nitrogen and oxygen atoms in total. The van der Waals surface area contributed by atoms with Gasteiger partial charge in [-0.1, -0.05) is 0 Å². The Kier molecular flexibility index (Phi) is 5.68. The lowest BCUT2D eigenvalue weighted by atomic mass is 10.1. The molecule has 2 rings (SSSR count). The highest BCUT2D eigenvalue weighted by molar-refractivity contribution is 5.96. The van der Waals surface area contributed by atoms with E-state index in [1.54, 1.807) is 0 Å². The summed E-state index contributed by atoms with van der Waals surface area (Å²) in [4.78, 5) is 23.3. The zero-order chi connectivity index (χ0) is 15.9. The highest BCUT2D eigenvalue weighted by Gasteiger charge is 2.16. The number of amides is 3. The van der Waals surface area contributed by atoms with E-state index in [0.29, 0.717) is 32.1 Å². The van der Waals surface area contributed by atoms with E-state index in [0.717, 1.165) is 6.07 Å². The number of hydrogen-bond acceptors (Lipinski definition) is 4. The van der Waals surface area contributed by atoms with Crippen molar-refractivity contribution in [1.82, 2.24) is 10.6 Å². The Morgan fingerprint density at radius 1 is 1.36 bits per heavy atom. The number of benzene rings is 1. The summed E-state index contributed by atoms with van der Waals surface area (Å²) >= 11 is 0. The molecule has 1 saturated heterocycles. The van der Waals surface area contributed by atoms with Crippen LogP contribution in [0.4, 0.5) is 14.9 Å². The van der Waals surface area contributed by atoms with Crippen LogP contribution in [0.3, 0.4) is 0 Å². The third kappa shape index (κ3) is 4.40. The zero-order valence-electron chi connectivity index (χ0n) is 12.1. The van der Waals surface area contributed by atoms with Crippen LogP contribution in [0.25, 0.3) is 0 Å². The number of ether oxygens (including phenoxy) is 2. The van der Waals surface area contributed by atoms with Crippen molar-refractivity contribution in [3.63, 3.8) is 0 Å². The predicted octanol–water partition coefficient (Wildman–Crippen LogP) is 0.722. The molecule has 0 bridgehead atoms. The standard InChI is InChI=1S/C14H18FN3O4/c1-16-13(19)11-6-9(2-3-12(11)15)18-14(20)17-7-10-8-21-4-5-22-10/h2-3,6,10H,4-5,7-8H2,1H3,(H,16,19)(H2,17,18,20)/t10-/m1/s1. The molecule has 0 unspecified atom stereocenters. The Bertz CT molecular complexity index is 547. The van der Waals surface area contributed by atoms with Gasteiger partial charge in [0.25, 0.3) is 5.91 Å². The van der Waals surface area contributed by atoms with Crippen molar-refractivity contribution in [2.45, 2.75) is 6.10 Å². The average molecular weight is 311 g/mol. The largest absolute Gasteiger partial charge is 0.376 e. The molecule has 1 heterocycles. The predicted molar refractivity (Wildman–Crippen MR) is 77.4 cm³/mol. The van der Waals surface area contributed by atoms with E-state index in [2.05, 4.69) is 16.0 Å². The van der Waals surface area contributed by atoms with E-state index in [1.807, 2.05) is 0 Å². The van der Waals surface area contributed by atoms with E-state index in [9.17, 15) is 14.0 Å². The first-order valence-corrected chi connectivity index (χ1v) is 6.86. The van der Waals surface area contributed by atoms with Gasteiger partial charge in [-0.15, -0.1) is 0 Å². The SMILES string of the molecule is CNC(=O)c1cc(NC(=O)NC[C@@H]2COCCO2)ccc1F. The number of carbonyl (C=O) groups excluding carboxylic acids is 2. The van der Waals surface area contributed by atoms with Crippen LogP contribution < -0.4 is 16.0 Å². The molecule has 1 fully saturated rings. The second-order valence-electron chi connectivity index (χ2n) is 4.68. The molecule has 1 aliphatic heterocycles. The maximum absolute atomic E-state index is 13.5. The van der Waals surface area contributed by atoms with E-state index in [4.69, 9.17) is 9.47 Å². The molecule has 3 amide bonds. The maximum Gasteiger partial charge on any atom is 0.319 e. The van der Waals surface area contributed by atoms with Crippen molar-refractivity contribution >= 4 is 17.6 Å². The number of rotatable bonds is 4. The summed E-state index contributed by atoms with van der Waals surface area (Å²) < 4.78 is 24.1. The minimum atomic E-state index is -0.655. The topological polar surface area (TPSA) is 88.7 Å². The molecular weight excluding hydrogens is 293 g/mol. The second-order valence-corrected chi connectivity index (χ2v) is 4.68. The van der Waals surface area contributed by atoms with E-state index in [-0.39, 0.29) is 11.7 Å². The molecule has 120 valence electrons. The van der Waals surface area contributed by atoms with Crippen LogP contribution in [0, 0.1) is 5.82 Å². The van der Waals surface area contributed by atoms with E-state index >= 15 is 0 Å². The van der Waals surface area contributed by atoms with Crippen molar-refractivity contribution in [3.8, 4) is 0 Å². The van der Waals surface area contributed by atoms with Crippen molar-refractivity contribution in [2.24, 2.45) is 0 Å². The Morgan fingerprint density at radius 3 is 2.86 bits per heavy atom. The molecule has 0 spiro atoms. The van der Waals surface area contributed by atoms with Gasteiger partial charge in [-0.2, -0.15) is 0 Å². The summed E-state index contributed by atoms with van der Waals surface area (Å²) in [6.07, 6.45) is -0.186. The molecule has 1 aromatic carbocycles. The van der Waals surface area contributed by atoms with Crippen LogP contribution in [0.2, 0.25) is 0 Å². The number of hydrogen-bond donors (Lipinski definition) is 3. The van der Waals surface area contributed by atoms with Gasteiger partial charge in [-0.05, 0) is 18.2 Å². The van der Waals surface area contributed by atoms with Crippen molar-refractivity contribution in [2.75, 3.05) is 38.7 Å². The zero-order valence-corrected chi connectivity index (χ0v) is 12.1. The van der Waals surface area contributed by atoms with Crippen LogP contribution in [0.5, 0.6) is 0 Å². The fourth-order valence-electron chi connectivity index (χ4n) is 1.95. The smallest absolute Gasteiger partial charge is 0.319 e. The summed E-state index contributed by atoms with van der Waals surface area (Å²) in [5.41, 5.74) is 0.183. The Morgan fingerprint density at radius 2 is 2.18 bits per heavy atom. The molecule has 0 radical (unpaired) electrons. The van der Waals surface area contributed by atoms with Crippen LogP contribution in [0.1, 0.15) is 10.4 Å². The van der Waals surface area contributed by atoms with Gasteiger partial charge in [0.05, 0.1) is 31.5 Å². The lowest BCUT2D eigenvalue weighted by Crippen LogP contribution is -2.41. The highest BCUT2D eigenvalue weighted by Crippen LogP contribution is 2.14. The van der Waals surface area contributed by atoms with Crippen LogP contribution in [0.15, 0.2) is 18.2 Å². The lowest BCUT2D eigenvalue weighted by molar-refractivity contribution is -0.0852. The van der Waals surface area contributed by atoms with Crippen molar-refractivity contribution < 1.29 is 23.5 Å². The molecule has 0 aliphatic carbocycles. The van der Waals surface area contributed by atoms with E-state index in [1.165, 1.54) is 19.2 Å². The number of nitrogens with one attached hydrogen (secondary N) is 3. The van der Waals surface area contributed by atoms with Crippen LogP contribution in [-0.4, -0.2) is 51.5 Å². The van der Waals surface area contributed by atoms with Crippen LogP contribution in [-0.2, 0) is 9.47 Å². The third-order valence-electron chi connectivity index (χ3n) is 3.07. The number of halogens is 1. The van der Waals surface area contributed by atoms with Crippen LogP contribution >= 0.6 is 0 Å². The van der Waals surface area contributed by atoms with Gasteiger partial charge < -0.3 is 25.4 Å². The number of anilines is 1. The molecule has 1 aliphatic rings. The Labute approximate surface area is 127 Å². The summed E-state index contributed by atoms with van der Waals surface area (Å²) in [7, 11) is 1.40. The normalized spacial score (nSPS) is 17.6. The Hall–Kier alpha value is -2.19. The lowest BCUT2D eigenvalue weighted by Gasteiger charge is -2.23. The summed E-state index contributed by atoms with van der Waals surface area (Å²) in [6, 6.07) is 3.30. The third-order valence-corrected chi connectivity index (χ3v) is 3.07. The average Bonchev–Trinajstić information content (AvgIpc) is 2.55. The van der Waals surface area contributed by atoms with Crippen molar-refractivity contribution in [3.05, 3.63) is 29.6 Å². The number of carbonyl (C=O) groups is 2. The monoisotopic (exact) mass is 311 g/mol. The molecule has 0 saturated carbocycles. The molecule has 8 heteroatoms. The molecule has 3 N–H and O–H groups in total. The molecule has 1 atom stereocenters. The summed E-state index contributed by atoms with van der Waals surface area (Å²) in [6.45, 7) is 1.79. The fraction of sp³-hybridized carbons (Fsp3) is 0.429. The first-order chi connectivity index (χ1) is 10.6. The van der Waals surface area contributed by atoms with Gasteiger partial charge >= 0.3 is 6.03 Å². The maximum atomic E-state index is 13.5. The second kappa shape index (κ2) is 7.71. The van der Waals surface area contributed by atoms with Gasteiger partial charge in [0.1, 0.15) is 5.82 Å². The molecular formula is C14H18FN3O4. The fourth-order valence-corrected chi connectivity index (χ4v) is 1.95. The van der Waals surface area contributed by atoms with E-state index < -0.39 is 17.8 Å². The minimum absolute atomic E-state index is 0.135. The van der Waals surface area contributed by atoms with Crippen molar-refractivity contribution in [1.29, 1.82) is 0 Å².